The topological polar surface area (TPSA) is 12.9 Å². The average molecular weight is 680 g/mol. The maximum absolute atomic E-state index is 4.53. The van der Waals surface area contributed by atoms with Gasteiger partial charge in [0.2, 0.25) is 0 Å². The molecule has 2 aliphatic carbocycles. The molecule has 0 amide bonds. The van der Waals surface area contributed by atoms with Crippen molar-refractivity contribution in [2.24, 2.45) is 0 Å². The van der Waals surface area contributed by atoms with Crippen LogP contribution >= 0.6 is 11.8 Å². The van der Waals surface area contributed by atoms with Gasteiger partial charge in [0.25, 0.3) is 0 Å². The Morgan fingerprint density at radius 1 is 0.423 bits per heavy atom. The Balaban J connectivity index is 1.35. The second-order valence-corrected chi connectivity index (χ2v) is 15.7. The van der Waals surface area contributed by atoms with Crippen molar-refractivity contribution in [3.8, 4) is 22.3 Å². The summed E-state index contributed by atoms with van der Waals surface area (Å²) >= 11 is 1.86. The molecule has 0 saturated heterocycles. The van der Waals surface area contributed by atoms with Gasteiger partial charge in [-0.25, -0.2) is 0 Å². The molecule has 3 aliphatic rings. The van der Waals surface area contributed by atoms with Crippen LogP contribution in [0.15, 0.2) is 174 Å². The molecular formula is C50H33NS. The highest BCUT2D eigenvalue weighted by molar-refractivity contribution is 7.99. The van der Waals surface area contributed by atoms with E-state index in [0.717, 1.165) is 0 Å². The minimum absolute atomic E-state index is 0.129. The van der Waals surface area contributed by atoms with Crippen LogP contribution in [0.3, 0.4) is 0 Å². The standard InChI is InChI=1S/C50H33NS/c1-50(2)44-26-27-51-29-46(44)52-49-31(18-11-23-45(49)50)30-24-25-38-34-14-5-8-17-37(34)40-20-9-19-39-35-15-6-3-12-32(35)33-13-4-7-16-36(33)41-21-10-22-42(43(38)28-30)48(41)47(39)40/h3-29H,1-2H3. The Hall–Kier alpha value is -5.96. The van der Waals surface area contributed by atoms with Crippen LogP contribution in [0.4, 0.5) is 0 Å². The van der Waals surface area contributed by atoms with Gasteiger partial charge in [-0.05, 0) is 110 Å². The summed E-state index contributed by atoms with van der Waals surface area (Å²) < 4.78 is 0. The molecule has 0 unspecified atom stereocenters. The van der Waals surface area contributed by atoms with Crippen molar-refractivity contribution in [2.75, 3.05) is 0 Å². The van der Waals surface area contributed by atoms with Gasteiger partial charge in [0.05, 0.1) is 0 Å². The Kier molecular flexibility index (Phi) is 6.30. The highest BCUT2D eigenvalue weighted by Gasteiger charge is 2.34. The molecule has 0 bridgehead atoms. The van der Waals surface area contributed by atoms with Crippen molar-refractivity contribution in [3.05, 3.63) is 175 Å². The van der Waals surface area contributed by atoms with E-state index in [0.29, 0.717) is 0 Å². The van der Waals surface area contributed by atoms with E-state index in [-0.39, 0.29) is 5.41 Å². The first kappa shape index (κ1) is 29.7. The van der Waals surface area contributed by atoms with Gasteiger partial charge in [0.15, 0.2) is 0 Å². The third-order valence-electron chi connectivity index (χ3n) is 11.6. The van der Waals surface area contributed by atoms with E-state index in [9.17, 15) is 0 Å². The Bertz CT molecular complexity index is 3130. The number of nitrogens with zero attached hydrogens (tertiary/aromatic N) is 1. The summed E-state index contributed by atoms with van der Waals surface area (Å²) in [5.41, 5.74) is 7.67. The third kappa shape index (κ3) is 4.10. The summed E-state index contributed by atoms with van der Waals surface area (Å²) in [5.74, 6) is 0. The molecule has 0 saturated carbocycles. The molecule has 52 heavy (non-hydrogen) atoms. The van der Waals surface area contributed by atoms with Crippen LogP contribution in [-0.2, 0) is 5.41 Å². The number of benzene rings is 7. The number of hydrogen-bond acceptors (Lipinski definition) is 2. The van der Waals surface area contributed by atoms with Crippen LogP contribution in [-0.4, -0.2) is 4.98 Å². The van der Waals surface area contributed by atoms with Crippen LogP contribution in [0.2, 0.25) is 0 Å². The molecule has 7 aromatic carbocycles. The second kappa shape index (κ2) is 11.0. The summed E-state index contributed by atoms with van der Waals surface area (Å²) in [6, 6.07) is 57.0. The molecule has 2 heteroatoms. The molecule has 244 valence electrons. The summed E-state index contributed by atoms with van der Waals surface area (Å²) in [5, 5.41) is 15.2. The van der Waals surface area contributed by atoms with E-state index in [1.807, 2.05) is 24.2 Å². The van der Waals surface area contributed by atoms with Crippen LogP contribution in [0, 0.1) is 0 Å². The zero-order chi connectivity index (χ0) is 34.6. The summed E-state index contributed by atoms with van der Waals surface area (Å²) in [4.78, 5) is 7.08. The highest BCUT2D eigenvalue weighted by atomic mass is 32.2. The van der Waals surface area contributed by atoms with Gasteiger partial charge in [-0.2, -0.15) is 0 Å². The number of pyridine rings is 1. The lowest BCUT2D eigenvalue weighted by Gasteiger charge is -2.35. The number of fused-ring (bicyclic) bond motifs is 12. The molecule has 0 fully saturated rings. The van der Waals surface area contributed by atoms with Crippen LogP contribution < -0.4 is 0 Å². The first-order valence-corrected chi connectivity index (χ1v) is 18.9. The van der Waals surface area contributed by atoms with Gasteiger partial charge in [-0.3, -0.25) is 4.98 Å². The summed E-state index contributed by atoms with van der Waals surface area (Å²) in [6.07, 6.45) is 3.96. The van der Waals surface area contributed by atoms with Gasteiger partial charge in [0.1, 0.15) is 0 Å². The maximum atomic E-state index is 4.53. The van der Waals surface area contributed by atoms with E-state index >= 15 is 0 Å². The van der Waals surface area contributed by atoms with E-state index in [2.05, 4.69) is 170 Å². The Labute approximate surface area is 306 Å². The quantitative estimate of drug-likeness (QED) is 0.171. The largest absolute Gasteiger partial charge is 0.264 e. The minimum atomic E-state index is -0.129. The van der Waals surface area contributed by atoms with Gasteiger partial charge >= 0.3 is 0 Å². The van der Waals surface area contributed by atoms with Gasteiger partial charge in [-0.15, -0.1) is 0 Å². The molecule has 8 aromatic rings. The molecule has 1 aromatic heterocycles. The summed E-state index contributed by atoms with van der Waals surface area (Å²) in [7, 11) is 0. The molecule has 1 nitrogen and oxygen atoms in total. The molecule has 1 aliphatic heterocycles. The first-order chi connectivity index (χ1) is 25.6. The van der Waals surface area contributed by atoms with Gasteiger partial charge in [-0.1, -0.05) is 165 Å². The van der Waals surface area contributed by atoms with Crippen molar-refractivity contribution < 1.29 is 0 Å². The molecule has 0 spiro atoms. The normalized spacial score (nSPS) is 13.7. The zero-order valence-corrected chi connectivity index (χ0v) is 29.8. The van der Waals surface area contributed by atoms with Gasteiger partial charge in [0, 0.05) is 27.6 Å². The lowest BCUT2D eigenvalue weighted by atomic mass is 9.77. The first-order valence-electron chi connectivity index (χ1n) is 18.0. The van der Waals surface area contributed by atoms with Crippen molar-refractivity contribution >= 4 is 76.4 Å². The summed E-state index contributed by atoms with van der Waals surface area (Å²) in [6.45, 7) is 4.69. The molecule has 0 N–H and O–H groups in total. The van der Waals surface area contributed by atoms with Gasteiger partial charge < -0.3 is 0 Å². The number of hydrogen-bond donors (Lipinski definition) is 0. The van der Waals surface area contributed by atoms with E-state index in [4.69, 9.17) is 0 Å². The fraction of sp³-hybridized carbons (Fsp3) is 0.0600. The maximum Gasteiger partial charge on any atom is 0.0410 e. The van der Waals surface area contributed by atoms with Crippen molar-refractivity contribution in [2.45, 2.75) is 29.1 Å². The van der Waals surface area contributed by atoms with Crippen LogP contribution in [0.1, 0.15) is 25.0 Å². The van der Waals surface area contributed by atoms with Crippen LogP contribution in [0.25, 0.3) is 86.9 Å². The Morgan fingerprint density at radius 3 is 1.44 bits per heavy atom. The van der Waals surface area contributed by atoms with Crippen molar-refractivity contribution in [1.29, 1.82) is 0 Å². The monoisotopic (exact) mass is 679 g/mol. The predicted molar refractivity (Wildman–Crippen MR) is 223 cm³/mol. The van der Waals surface area contributed by atoms with E-state index < -0.39 is 0 Å². The lowest BCUT2D eigenvalue weighted by Crippen LogP contribution is -2.24. The SMILES string of the molecule is CC1(C)c2ccncc2Sc2c(-c3ccc4c(c3)c3cccc5c3-c3c(cccc3c3ccccc34)c3ccccc3c3ccccc53)cccc21. The second-order valence-electron chi connectivity index (χ2n) is 14.6. The predicted octanol–water partition coefficient (Wildman–Crippen LogP) is 14.1. The van der Waals surface area contributed by atoms with E-state index in [1.165, 1.54) is 108 Å². The molecule has 2 heterocycles. The number of aromatic nitrogens is 1. The highest BCUT2D eigenvalue weighted by Crippen LogP contribution is 2.53. The fourth-order valence-corrected chi connectivity index (χ4v) is 10.7. The number of rotatable bonds is 1. The molecule has 0 radical (unpaired) electrons. The lowest BCUT2D eigenvalue weighted by molar-refractivity contribution is 0.606. The van der Waals surface area contributed by atoms with E-state index in [1.54, 1.807) is 0 Å². The minimum Gasteiger partial charge on any atom is -0.264 e. The van der Waals surface area contributed by atoms with Crippen LogP contribution in [0.5, 0.6) is 0 Å². The molecular weight excluding hydrogens is 647 g/mol. The average Bonchev–Trinajstić information content (AvgIpc) is 3.19. The zero-order valence-electron chi connectivity index (χ0n) is 28.9. The van der Waals surface area contributed by atoms with Crippen molar-refractivity contribution in [1.82, 2.24) is 4.98 Å². The smallest absolute Gasteiger partial charge is 0.0410 e. The Morgan fingerprint density at radius 2 is 0.885 bits per heavy atom. The molecule has 0 atom stereocenters. The molecule has 11 rings (SSSR count). The fourth-order valence-electron chi connectivity index (χ4n) is 9.17. The van der Waals surface area contributed by atoms with Crippen molar-refractivity contribution in [3.63, 3.8) is 0 Å². The third-order valence-corrected chi connectivity index (χ3v) is 12.8.